The highest BCUT2D eigenvalue weighted by Crippen LogP contribution is 2.12. The van der Waals surface area contributed by atoms with Crippen LogP contribution in [-0.2, 0) is 11.3 Å². The normalized spacial score (nSPS) is 14.9. The van der Waals surface area contributed by atoms with Gasteiger partial charge in [0.05, 0.1) is 19.8 Å². The molecule has 0 atom stereocenters. The van der Waals surface area contributed by atoms with Gasteiger partial charge in [-0.3, -0.25) is 4.90 Å². The molecule has 1 aromatic carbocycles. The summed E-state index contributed by atoms with van der Waals surface area (Å²) in [6.07, 6.45) is 0. The van der Waals surface area contributed by atoms with Gasteiger partial charge in [0.15, 0.2) is 0 Å². The van der Waals surface area contributed by atoms with E-state index in [0.717, 1.165) is 51.7 Å². The van der Waals surface area contributed by atoms with E-state index in [-0.39, 0.29) is 24.8 Å². The third-order valence-corrected chi connectivity index (χ3v) is 3.25. The molecule has 0 saturated carbocycles. The maximum absolute atomic E-state index is 5.50. The van der Waals surface area contributed by atoms with Gasteiger partial charge in [0, 0.05) is 32.7 Å². The Morgan fingerprint density at radius 1 is 1.24 bits per heavy atom. The number of halogens is 2. The lowest BCUT2D eigenvalue weighted by Gasteiger charge is -2.26. The molecule has 21 heavy (non-hydrogen) atoms. The van der Waals surface area contributed by atoms with Gasteiger partial charge in [-0.15, -0.1) is 0 Å². The molecule has 0 radical (unpaired) electrons. The van der Waals surface area contributed by atoms with Gasteiger partial charge in [-0.2, -0.15) is 0 Å². The molecule has 0 spiro atoms. The summed E-state index contributed by atoms with van der Waals surface area (Å²) in [6.45, 7) is 9.58. The zero-order chi connectivity index (χ0) is 13.3. The van der Waals surface area contributed by atoms with Gasteiger partial charge in [0.25, 0.3) is 0 Å². The lowest BCUT2D eigenvalue weighted by molar-refractivity contribution is -0.001000. The molecular formula is C15H24Cl2N2O2-2. The van der Waals surface area contributed by atoms with Crippen LogP contribution >= 0.6 is 0 Å². The van der Waals surface area contributed by atoms with Crippen LogP contribution in [0.5, 0.6) is 5.75 Å². The maximum atomic E-state index is 5.50. The number of ether oxygens (including phenoxy) is 2. The average Bonchev–Trinajstić information content (AvgIpc) is 2.46. The molecule has 1 saturated heterocycles. The van der Waals surface area contributed by atoms with Crippen molar-refractivity contribution in [1.82, 2.24) is 10.2 Å². The molecule has 1 aliphatic heterocycles. The van der Waals surface area contributed by atoms with Crippen LogP contribution in [0.15, 0.2) is 24.3 Å². The van der Waals surface area contributed by atoms with Crippen molar-refractivity contribution < 1.29 is 34.3 Å². The van der Waals surface area contributed by atoms with Crippen LogP contribution in [0, 0.1) is 0 Å². The third kappa shape index (κ3) is 7.88. The summed E-state index contributed by atoms with van der Waals surface area (Å²) < 4.78 is 10.8. The Hall–Kier alpha value is -0.520. The van der Waals surface area contributed by atoms with Crippen molar-refractivity contribution in [1.29, 1.82) is 0 Å². The second-order valence-electron chi connectivity index (χ2n) is 4.71. The van der Waals surface area contributed by atoms with Crippen LogP contribution in [-0.4, -0.2) is 50.9 Å². The fourth-order valence-corrected chi connectivity index (χ4v) is 2.21. The van der Waals surface area contributed by atoms with Gasteiger partial charge in [0.2, 0.25) is 0 Å². The van der Waals surface area contributed by atoms with Crippen LogP contribution in [0.3, 0.4) is 0 Å². The average molecular weight is 335 g/mol. The van der Waals surface area contributed by atoms with E-state index in [1.807, 2.05) is 19.1 Å². The van der Waals surface area contributed by atoms with Gasteiger partial charge in [-0.1, -0.05) is 12.1 Å². The zero-order valence-corrected chi connectivity index (χ0v) is 14.0. The largest absolute Gasteiger partial charge is 1.00 e. The first-order valence-electron chi connectivity index (χ1n) is 7.11. The molecule has 1 aliphatic rings. The number of rotatable bonds is 7. The van der Waals surface area contributed by atoms with Gasteiger partial charge < -0.3 is 39.6 Å². The Morgan fingerprint density at radius 3 is 2.71 bits per heavy atom. The fraction of sp³-hybridized carbons (Fsp3) is 0.600. The molecule has 1 fully saturated rings. The summed E-state index contributed by atoms with van der Waals surface area (Å²) in [5.41, 5.74) is 1.27. The summed E-state index contributed by atoms with van der Waals surface area (Å²) in [7, 11) is 0. The van der Waals surface area contributed by atoms with Crippen LogP contribution in [0.2, 0.25) is 0 Å². The van der Waals surface area contributed by atoms with E-state index < -0.39 is 0 Å². The van der Waals surface area contributed by atoms with Crippen LogP contribution < -0.4 is 34.9 Å². The minimum absolute atomic E-state index is 0. The van der Waals surface area contributed by atoms with Gasteiger partial charge >= 0.3 is 0 Å². The Morgan fingerprint density at radius 2 is 2.00 bits per heavy atom. The first-order valence-corrected chi connectivity index (χ1v) is 7.11. The predicted octanol–water partition coefficient (Wildman–Crippen LogP) is -4.48. The van der Waals surface area contributed by atoms with Gasteiger partial charge in [0.1, 0.15) is 5.75 Å². The summed E-state index contributed by atoms with van der Waals surface area (Å²) in [4.78, 5) is 2.44. The summed E-state index contributed by atoms with van der Waals surface area (Å²) in [6, 6.07) is 8.28. The van der Waals surface area contributed by atoms with Crippen molar-refractivity contribution >= 4 is 0 Å². The number of hydrogen-bond acceptors (Lipinski definition) is 4. The van der Waals surface area contributed by atoms with E-state index in [2.05, 4.69) is 22.3 Å². The standard InChI is InChI=1S/C15H24N2O2.2ClH/c1-2-19-15-5-3-4-14(12-15)13-16-6-7-17-8-10-18-11-9-17;;/h3-5,12,16H,2,6-11,13H2,1H3;2*1H/p-2. The quantitative estimate of drug-likeness (QED) is 0.510. The lowest BCUT2D eigenvalue weighted by atomic mass is 10.2. The monoisotopic (exact) mass is 334 g/mol. The van der Waals surface area contributed by atoms with Crippen molar-refractivity contribution in [3.05, 3.63) is 29.8 Å². The van der Waals surface area contributed by atoms with Crippen LogP contribution in [0.1, 0.15) is 12.5 Å². The van der Waals surface area contributed by atoms with E-state index in [0.29, 0.717) is 6.61 Å². The van der Waals surface area contributed by atoms with Gasteiger partial charge in [-0.05, 0) is 24.6 Å². The highest BCUT2D eigenvalue weighted by Gasteiger charge is 2.08. The Kier molecular flexibility index (Phi) is 11.8. The Bertz CT molecular complexity index is 374. The molecule has 0 amide bonds. The van der Waals surface area contributed by atoms with E-state index >= 15 is 0 Å². The maximum Gasteiger partial charge on any atom is 0.119 e. The Labute approximate surface area is 140 Å². The number of morpholine rings is 1. The summed E-state index contributed by atoms with van der Waals surface area (Å²) >= 11 is 0. The molecule has 2 rings (SSSR count). The van der Waals surface area contributed by atoms with E-state index in [4.69, 9.17) is 9.47 Å². The predicted molar refractivity (Wildman–Crippen MR) is 76.6 cm³/mol. The highest BCUT2D eigenvalue weighted by molar-refractivity contribution is 5.28. The van der Waals surface area contributed by atoms with Crippen molar-refractivity contribution in [2.24, 2.45) is 0 Å². The molecule has 0 bridgehead atoms. The SMILES string of the molecule is CCOc1cccc(CNCCN2CCOCC2)c1.[Cl-].[Cl-]. The number of hydrogen-bond donors (Lipinski definition) is 1. The number of nitrogens with zero attached hydrogens (tertiary/aromatic N) is 1. The molecule has 1 aromatic rings. The van der Waals surface area contributed by atoms with Crippen molar-refractivity contribution in [2.45, 2.75) is 13.5 Å². The molecule has 0 aromatic heterocycles. The first-order chi connectivity index (χ1) is 9.38. The second-order valence-corrected chi connectivity index (χ2v) is 4.71. The molecule has 122 valence electrons. The minimum Gasteiger partial charge on any atom is -1.00 e. The summed E-state index contributed by atoms with van der Waals surface area (Å²) in [5.74, 6) is 0.954. The molecule has 4 nitrogen and oxygen atoms in total. The number of benzene rings is 1. The minimum atomic E-state index is 0. The highest BCUT2D eigenvalue weighted by atomic mass is 35.5. The van der Waals surface area contributed by atoms with Crippen molar-refractivity contribution in [3.63, 3.8) is 0 Å². The third-order valence-electron chi connectivity index (χ3n) is 3.25. The van der Waals surface area contributed by atoms with E-state index in [1.165, 1.54) is 5.56 Å². The first kappa shape index (κ1) is 20.5. The van der Waals surface area contributed by atoms with Crippen molar-refractivity contribution in [3.8, 4) is 5.75 Å². The molecule has 1 heterocycles. The Balaban J connectivity index is 0.00000200. The second kappa shape index (κ2) is 12.1. The lowest BCUT2D eigenvalue weighted by Crippen LogP contribution is -3.00. The molecule has 1 N–H and O–H groups in total. The van der Waals surface area contributed by atoms with Crippen LogP contribution in [0.25, 0.3) is 0 Å². The molecule has 0 aliphatic carbocycles. The van der Waals surface area contributed by atoms with E-state index in [1.54, 1.807) is 0 Å². The fourth-order valence-electron chi connectivity index (χ4n) is 2.21. The van der Waals surface area contributed by atoms with Crippen molar-refractivity contribution in [2.75, 3.05) is 46.0 Å². The molecule has 6 heteroatoms. The number of nitrogens with one attached hydrogen (secondary N) is 1. The topological polar surface area (TPSA) is 33.7 Å². The zero-order valence-electron chi connectivity index (χ0n) is 12.5. The molecular weight excluding hydrogens is 311 g/mol. The smallest absolute Gasteiger partial charge is 0.119 e. The summed E-state index contributed by atoms with van der Waals surface area (Å²) in [5, 5.41) is 3.48. The van der Waals surface area contributed by atoms with Crippen LogP contribution in [0.4, 0.5) is 0 Å². The molecule has 0 unspecified atom stereocenters. The van der Waals surface area contributed by atoms with Gasteiger partial charge in [-0.25, -0.2) is 0 Å². The van der Waals surface area contributed by atoms with E-state index in [9.17, 15) is 0 Å².